The summed E-state index contributed by atoms with van der Waals surface area (Å²) in [6.45, 7) is 4.30. The van der Waals surface area contributed by atoms with Crippen molar-refractivity contribution in [3.63, 3.8) is 0 Å². The minimum Gasteiger partial charge on any atom is -0.493 e. The minimum absolute atomic E-state index is 0.154. The molecule has 7 heteroatoms. The summed E-state index contributed by atoms with van der Waals surface area (Å²) in [4.78, 5) is 18.1. The second-order valence-electron chi connectivity index (χ2n) is 5.67. The van der Waals surface area contributed by atoms with Crippen LogP contribution >= 0.6 is 0 Å². The molecular formula is C18H21N3O4. The first-order valence-electron chi connectivity index (χ1n) is 8.08. The molecule has 2 amide bonds. The van der Waals surface area contributed by atoms with E-state index in [0.29, 0.717) is 49.4 Å². The number of carbonyl (C=O) groups excluding carboxylic acids is 1. The molecule has 1 aliphatic heterocycles. The zero-order valence-corrected chi connectivity index (χ0v) is 14.3. The lowest BCUT2D eigenvalue weighted by Gasteiger charge is -2.26. The van der Waals surface area contributed by atoms with E-state index in [1.165, 1.54) is 0 Å². The van der Waals surface area contributed by atoms with E-state index in [2.05, 4.69) is 10.3 Å². The second-order valence-corrected chi connectivity index (χ2v) is 5.67. The lowest BCUT2D eigenvalue weighted by molar-refractivity contribution is 0.0564. The van der Waals surface area contributed by atoms with Gasteiger partial charge in [-0.25, -0.2) is 9.78 Å². The molecule has 132 valence electrons. The minimum atomic E-state index is -0.154. The maximum Gasteiger partial charge on any atom is 0.322 e. The zero-order valence-electron chi connectivity index (χ0n) is 14.3. The molecule has 0 bridgehead atoms. The standard InChI is InChI=1S/C18H21N3O4/c1-13-3-5-15(16(11-13)23-2)25-17-6-4-14(12-19-17)20-18(22)21-7-9-24-10-8-21/h3-6,11-12H,7-10H2,1-2H3,(H,20,22). The van der Waals surface area contributed by atoms with Gasteiger partial charge >= 0.3 is 6.03 Å². The van der Waals surface area contributed by atoms with Crippen LogP contribution in [0.1, 0.15) is 5.56 Å². The first-order valence-corrected chi connectivity index (χ1v) is 8.08. The topological polar surface area (TPSA) is 72.9 Å². The molecule has 0 saturated carbocycles. The number of aromatic nitrogens is 1. The highest BCUT2D eigenvalue weighted by Gasteiger charge is 2.16. The van der Waals surface area contributed by atoms with Crippen LogP contribution in [0.2, 0.25) is 0 Å². The maximum atomic E-state index is 12.1. The molecule has 1 saturated heterocycles. The summed E-state index contributed by atoms with van der Waals surface area (Å²) < 4.78 is 16.3. The number of hydrogen-bond donors (Lipinski definition) is 1. The summed E-state index contributed by atoms with van der Waals surface area (Å²) in [5.41, 5.74) is 1.69. The Kier molecular flexibility index (Phi) is 5.35. The van der Waals surface area contributed by atoms with E-state index in [0.717, 1.165) is 5.56 Å². The SMILES string of the molecule is COc1cc(C)ccc1Oc1ccc(NC(=O)N2CCOCC2)cn1. The number of methoxy groups -OCH3 is 1. The van der Waals surface area contributed by atoms with Crippen molar-refractivity contribution in [1.29, 1.82) is 0 Å². The van der Waals surface area contributed by atoms with Crippen LogP contribution in [-0.4, -0.2) is 49.3 Å². The van der Waals surface area contributed by atoms with Gasteiger partial charge in [-0.05, 0) is 30.7 Å². The average molecular weight is 343 g/mol. The Morgan fingerprint density at radius 1 is 1.20 bits per heavy atom. The van der Waals surface area contributed by atoms with E-state index in [4.69, 9.17) is 14.2 Å². The molecule has 0 unspecified atom stereocenters. The number of nitrogens with zero attached hydrogens (tertiary/aromatic N) is 2. The van der Waals surface area contributed by atoms with Crippen molar-refractivity contribution in [3.05, 3.63) is 42.1 Å². The van der Waals surface area contributed by atoms with Gasteiger partial charge in [-0.1, -0.05) is 6.07 Å². The van der Waals surface area contributed by atoms with Gasteiger partial charge in [0.1, 0.15) is 0 Å². The summed E-state index contributed by atoms with van der Waals surface area (Å²) in [6, 6.07) is 8.97. The smallest absolute Gasteiger partial charge is 0.322 e. The number of aryl methyl sites for hydroxylation is 1. The largest absolute Gasteiger partial charge is 0.493 e. The van der Waals surface area contributed by atoms with Gasteiger partial charge in [0.15, 0.2) is 11.5 Å². The summed E-state index contributed by atoms with van der Waals surface area (Å²) in [5.74, 6) is 1.66. The van der Waals surface area contributed by atoms with Gasteiger partial charge in [-0.2, -0.15) is 0 Å². The third kappa shape index (κ3) is 4.39. The average Bonchev–Trinajstić information content (AvgIpc) is 2.65. The van der Waals surface area contributed by atoms with Crippen molar-refractivity contribution in [2.45, 2.75) is 6.92 Å². The quantitative estimate of drug-likeness (QED) is 0.924. The Labute approximate surface area is 146 Å². The molecule has 25 heavy (non-hydrogen) atoms. The van der Waals surface area contributed by atoms with Gasteiger partial charge in [0, 0.05) is 19.2 Å². The van der Waals surface area contributed by atoms with Gasteiger partial charge in [-0.15, -0.1) is 0 Å². The molecular weight excluding hydrogens is 322 g/mol. The molecule has 7 nitrogen and oxygen atoms in total. The van der Waals surface area contributed by atoms with Crippen molar-refractivity contribution in [1.82, 2.24) is 9.88 Å². The van der Waals surface area contributed by atoms with E-state index in [1.807, 2.05) is 25.1 Å². The number of hydrogen-bond acceptors (Lipinski definition) is 5. The number of ether oxygens (including phenoxy) is 3. The van der Waals surface area contributed by atoms with Gasteiger partial charge in [0.05, 0.1) is 32.2 Å². The predicted molar refractivity (Wildman–Crippen MR) is 93.5 cm³/mol. The van der Waals surface area contributed by atoms with Crippen LogP contribution in [-0.2, 0) is 4.74 Å². The number of urea groups is 1. The second kappa shape index (κ2) is 7.85. The van der Waals surface area contributed by atoms with Crippen LogP contribution in [0.25, 0.3) is 0 Å². The number of rotatable bonds is 4. The van der Waals surface area contributed by atoms with Gasteiger partial charge < -0.3 is 24.4 Å². The molecule has 1 aromatic carbocycles. The highest BCUT2D eigenvalue weighted by atomic mass is 16.5. The van der Waals surface area contributed by atoms with E-state index in [1.54, 1.807) is 30.3 Å². The van der Waals surface area contributed by atoms with Crippen LogP contribution in [0.15, 0.2) is 36.5 Å². The van der Waals surface area contributed by atoms with Gasteiger partial charge in [0.2, 0.25) is 5.88 Å². The van der Waals surface area contributed by atoms with Crippen LogP contribution in [0.3, 0.4) is 0 Å². The predicted octanol–water partition coefficient (Wildman–Crippen LogP) is 3.06. The Balaban J connectivity index is 1.63. The molecule has 0 atom stereocenters. The maximum absolute atomic E-state index is 12.1. The lowest BCUT2D eigenvalue weighted by atomic mass is 10.2. The van der Waals surface area contributed by atoms with Crippen molar-refractivity contribution in [3.8, 4) is 17.4 Å². The summed E-state index contributed by atoms with van der Waals surface area (Å²) in [6.07, 6.45) is 1.56. The number of nitrogens with one attached hydrogen (secondary N) is 1. The zero-order chi connectivity index (χ0) is 17.6. The third-order valence-corrected chi connectivity index (χ3v) is 3.82. The van der Waals surface area contributed by atoms with Crippen LogP contribution in [0.4, 0.5) is 10.5 Å². The Bertz CT molecular complexity index is 728. The Hall–Kier alpha value is -2.80. The number of pyridine rings is 1. The van der Waals surface area contributed by atoms with E-state index in [-0.39, 0.29) is 6.03 Å². The Morgan fingerprint density at radius 2 is 2.00 bits per heavy atom. The fourth-order valence-electron chi connectivity index (χ4n) is 2.46. The van der Waals surface area contributed by atoms with Gasteiger partial charge in [-0.3, -0.25) is 0 Å². The molecule has 0 aliphatic carbocycles. The van der Waals surface area contributed by atoms with E-state index < -0.39 is 0 Å². The summed E-state index contributed by atoms with van der Waals surface area (Å²) in [7, 11) is 1.60. The number of carbonyl (C=O) groups is 1. The molecule has 1 N–H and O–H groups in total. The van der Waals surface area contributed by atoms with E-state index in [9.17, 15) is 4.79 Å². The molecule has 3 rings (SSSR count). The first-order chi connectivity index (χ1) is 12.2. The fourth-order valence-corrected chi connectivity index (χ4v) is 2.46. The molecule has 1 aromatic heterocycles. The number of morpholine rings is 1. The molecule has 1 aliphatic rings. The van der Waals surface area contributed by atoms with Crippen molar-refractivity contribution in [2.75, 3.05) is 38.7 Å². The van der Waals surface area contributed by atoms with Crippen LogP contribution < -0.4 is 14.8 Å². The van der Waals surface area contributed by atoms with Crippen LogP contribution in [0, 0.1) is 6.92 Å². The normalized spacial score (nSPS) is 14.1. The molecule has 2 heterocycles. The fraction of sp³-hybridized carbons (Fsp3) is 0.333. The highest BCUT2D eigenvalue weighted by Crippen LogP contribution is 2.31. The van der Waals surface area contributed by atoms with Crippen molar-refractivity contribution >= 4 is 11.7 Å². The molecule has 1 fully saturated rings. The summed E-state index contributed by atoms with van der Waals surface area (Å²) in [5, 5.41) is 2.82. The highest BCUT2D eigenvalue weighted by molar-refractivity contribution is 5.89. The monoisotopic (exact) mass is 343 g/mol. The third-order valence-electron chi connectivity index (χ3n) is 3.82. The number of amides is 2. The van der Waals surface area contributed by atoms with Crippen LogP contribution in [0.5, 0.6) is 17.4 Å². The lowest BCUT2D eigenvalue weighted by Crippen LogP contribution is -2.43. The molecule has 0 spiro atoms. The molecule has 0 radical (unpaired) electrons. The summed E-state index contributed by atoms with van der Waals surface area (Å²) >= 11 is 0. The van der Waals surface area contributed by atoms with Gasteiger partial charge in [0.25, 0.3) is 0 Å². The number of benzene rings is 1. The molecule has 2 aromatic rings. The van der Waals surface area contributed by atoms with Crippen molar-refractivity contribution < 1.29 is 19.0 Å². The number of anilines is 1. The Morgan fingerprint density at radius 3 is 2.68 bits per heavy atom. The first kappa shape index (κ1) is 17.0. The van der Waals surface area contributed by atoms with Crippen molar-refractivity contribution in [2.24, 2.45) is 0 Å². The van der Waals surface area contributed by atoms with E-state index >= 15 is 0 Å².